The van der Waals surface area contributed by atoms with Crippen LogP contribution in [0.3, 0.4) is 0 Å². The Balaban J connectivity index is 2.82. The van der Waals surface area contributed by atoms with Crippen molar-refractivity contribution in [1.82, 2.24) is 0 Å². The van der Waals surface area contributed by atoms with Crippen LogP contribution in [-0.2, 0) is 16.0 Å². The van der Waals surface area contributed by atoms with E-state index in [9.17, 15) is 4.79 Å². The molecule has 3 heteroatoms. The first-order valence-electron chi connectivity index (χ1n) is 6.18. The quantitative estimate of drug-likeness (QED) is 0.762. The smallest absolute Gasteiger partial charge is 0.310 e. The molecule has 1 aromatic carbocycles. The fourth-order valence-corrected chi connectivity index (χ4v) is 1.92. The number of ether oxygens (including phenoxy) is 1. The second-order valence-corrected chi connectivity index (χ2v) is 6.25. The Hall–Kier alpha value is -1.02. The lowest BCUT2D eigenvalue weighted by molar-refractivity contribution is -0.153. The number of hydrogen-bond donors (Lipinski definition) is 0. The van der Waals surface area contributed by atoms with Crippen molar-refractivity contribution in [3.8, 4) is 0 Å². The van der Waals surface area contributed by atoms with Crippen LogP contribution in [0, 0.1) is 0 Å². The Kier molecular flexibility index (Phi) is 4.80. The number of carbonyl (C=O) groups excluding carboxylic acids is 1. The fourth-order valence-electron chi connectivity index (χ4n) is 1.66. The largest absolute Gasteiger partial charge is 0.460 e. The summed E-state index contributed by atoms with van der Waals surface area (Å²) in [5.74, 6) is 0.167. The van der Waals surface area contributed by atoms with Gasteiger partial charge in [-0.15, -0.1) is 0 Å². The van der Waals surface area contributed by atoms with Gasteiger partial charge in [-0.1, -0.05) is 31.5 Å². The number of halogens is 1. The molecule has 0 aliphatic rings. The van der Waals surface area contributed by atoms with Crippen molar-refractivity contribution in [2.45, 2.75) is 52.6 Å². The molecule has 0 bridgehead atoms. The first-order chi connectivity index (χ1) is 8.17. The molecule has 0 aliphatic heterocycles. The normalized spacial score (nSPS) is 11.7. The number of rotatable bonds is 3. The minimum Gasteiger partial charge on any atom is -0.460 e. The molecule has 0 atom stereocenters. The molecule has 1 aromatic rings. The van der Waals surface area contributed by atoms with E-state index in [0.29, 0.717) is 10.9 Å². The molecule has 18 heavy (non-hydrogen) atoms. The van der Waals surface area contributed by atoms with E-state index in [0.717, 1.165) is 11.1 Å². The highest BCUT2D eigenvalue weighted by Gasteiger charge is 2.17. The van der Waals surface area contributed by atoms with Gasteiger partial charge in [-0.05, 0) is 49.9 Å². The zero-order valence-electron chi connectivity index (χ0n) is 11.7. The third-order valence-corrected chi connectivity index (χ3v) is 2.63. The van der Waals surface area contributed by atoms with Gasteiger partial charge in [0.1, 0.15) is 5.60 Å². The average Bonchev–Trinajstić information content (AvgIpc) is 2.12. The zero-order valence-corrected chi connectivity index (χ0v) is 12.5. The molecule has 0 amide bonds. The lowest BCUT2D eigenvalue weighted by Crippen LogP contribution is -2.24. The van der Waals surface area contributed by atoms with E-state index >= 15 is 0 Å². The molecular formula is C15H21ClO2. The van der Waals surface area contributed by atoms with Crippen molar-refractivity contribution in [3.05, 3.63) is 34.3 Å². The Labute approximate surface area is 114 Å². The van der Waals surface area contributed by atoms with E-state index in [1.54, 1.807) is 0 Å². The lowest BCUT2D eigenvalue weighted by Gasteiger charge is -2.19. The standard InChI is InChI=1S/C15H21ClO2/c1-10(2)12-6-11(7-13(16)9-12)8-14(17)18-15(3,4)5/h6-7,9-10H,8H2,1-5H3. The van der Waals surface area contributed by atoms with Crippen molar-refractivity contribution in [2.24, 2.45) is 0 Å². The number of benzene rings is 1. The number of carbonyl (C=O) groups is 1. The van der Waals surface area contributed by atoms with Crippen LogP contribution in [0.5, 0.6) is 0 Å². The van der Waals surface area contributed by atoms with Gasteiger partial charge in [0.25, 0.3) is 0 Å². The van der Waals surface area contributed by atoms with Crippen molar-refractivity contribution in [3.63, 3.8) is 0 Å². The van der Waals surface area contributed by atoms with E-state index in [4.69, 9.17) is 16.3 Å². The molecule has 0 saturated heterocycles. The monoisotopic (exact) mass is 268 g/mol. The van der Waals surface area contributed by atoms with Crippen LogP contribution in [0.1, 0.15) is 51.7 Å². The molecule has 100 valence electrons. The van der Waals surface area contributed by atoms with Gasteiger partial charge in [-0.25, -0.2) is 0 Å². The summed E-state index contributed by atoms with van der Waals surface area (Å²) < 4.78 is 5.30. The van der Waals surface area contributed by atoms with Crippen LogP contribution in [0.4, 0.5) is 0 Å². The molecule has 1 rings (SSSR count). The molecule has 0 saturated carbocycles. The van der Waals surface area contributed by atoms with E-state index in [-0.39, 0.29) is 12.4 Å². The van der Waals surface area contributed by atoms with Gasteiger partial charge in [0.05, 0.1) is 6.42 Å². The second kappa shape index (κ2) is 5.75. The van der Waals surface area contributed by atoms with Gasteiger partial charge < -0.3 is 4.74 Å². The zero-order chi connectivity index (χ0) is 13.9. The molecule has 0 unspecified atom stereocenters. The Morgan fingerprint density at radius 1 is 1.28 bits per heavy atom. The molecule has 0 spiro atoms. The molecule has 0 fully saturated rings. The fraction of sp³-hybridized carbons (Fsp3) is 0.533. The van der Waals surface area contributed by atoms with Gasteiger partial charge in [-0.3, -0.25) is 4.79 Å². The van der Waals surface area contributed by atoms with Crippen LogP contribution in [0.25, 0.3) is 0 Å². The van der Waals surface area contributed by atoms with Crippen LogP contribution >= 0.6 is 11.6 Å². The summed E-state index contributed by atoms with van der Waals surface area (Å²) in [6.45, 7) is 9.79. The van der Waals surface area contributed by atoms with E-state index < -0.39 is 5.60 Å². The van der Waals surface area contributed by atoms with Gasteiger partial charge in [0.2, 0.25) is 0 Å². The third kappa shape index (κ3) is 5.09. The molecule has 0 heterocycles. The summed E-state index contributed by atoms with van der Waals surface area (Å²) in [7, 11) is 0. The SMILES string of the molecule is CC(C)c1cc(Cl)cc(CC(=O)OC(C)(C)C)c1. The van der Waals surface area contributed by atoms with E-state index in [2.05, 4.69) is 13.8 Å². The van der Waals surface area contributed by atoms with Gasteiger partial charge in [0.15, 0.2) is 0 Å². The third-order valence-electron chi connectivity index (χ3n) is 2.42. The maximum Gasteiger partial charge on any atom is 0.310 e. The predicted octanol–water partition coefficient (Wildman–Crippen LogP) is 4.35. The second-order valence-electron chi connectivity index (χ2n) is 5.81. The van der Waals surface area contributed by atoms with Crippen molar-refractivity contribution in [1.29, 1.82) is 0 Å². The topological polar surface area (TPSA) is 26.3 Å². The van der Waals surface area contributed by atoms with E-state index in [1.165, 1.54) is 0 Å². The molecule has 0 aliphatic carbocycles. The van der Waals surface area contributed by atoms with Gasteiger partial charge in [0, 0.05) is 5.02 Å². The highest BCUT2D eigenvalue weighted by atomic mass is 35.5. The Morgan fingerprint density at radius 2 is 1.89 bits per heavy atom. The van der Waals surface area contributed by atoms with Crippen molar-refractivity contribution in [2.75, 3.05) is 0 Å². The molecule has 0 aromatic heterocycles. The number of esters is 1. The minimum atomic E-state index is -0.448. The summed E-state index contributed by atoms with van der Waals surface area (Å²) >= 11 is 6.06. The molecule has 0 radical (unpaired) electrons. The first-order valence-corrected chi connectivity index (χ1v) is 6.56. The highest BCUT2D eigenvalue weighted by molar-refractivity contribution is 6.30. The van der Waals surface area contributed by atoms with Crippen LogP contribution in [-0.4, -0.2) is 11.6 Å². The van der Waals surface area contributed by atoms with Crippen LogP contribution in [0.2, 0.25) is 5.02 Å². The molecule has 2 nitrogen and oxygen atoms in total. The average molecular weight is 269 g/mol. The summed E-state index contributed by atoms with van der Waals surface area (Å²) in [6, 6.07) is 5.77. The number of hydrogen-bond acceptors (Lipinski definition) is 2. The van der Waals surface area contributed by atoms with Crippen molar-refractivity contribution >= 4 is 17.6 Å². The predicted molar refractivity (Wildman–Crippen MR) is 75.1 cm³/mol. The van der Waals surface area contributed by atoms with Crippen molar-refractivity contribution < 1.29 is 9.53 Å². The Bertz CT molecular complexity index is 431. The summed E-state index contributed by atoms with van der Waals surface area (Å²) in [4.78, 5) is 11.8. The van der Waals surface area contributed by atoms with Gasteiger partial charge >= 0.3 is 5.97 Å². The van der Waals surface area contributed by atoms with Crippen LogP contribution in [0.15, 0.2) is 18.2 Å². The molecule has 0 N–H and O–H groups in total. The first kappa shape index (κ1) is 15.0. The minimum absolute atomic E-state index is 0.223. The maximum atomic E-state index is 11.8. The highest BCUT2D eigenvalue weighted by Crippen LogP contribution is 2.22. The maximum absolute atomic E-state index is 11.8. The summed E-state index contributed by atoms with van der Waals surface area (Å²) in [5.41, 5.74) is 1.60. The lowest BCUT2D eigenvalue weighted by atomic mass is 9.99. The Morgan fingerprint density at radius 3 is 2.39 bits per heavy atom. The summed E-state index contributed by atoms with van der Waals surface area (Å²) in [5, 5.41) is 0.666. The van der Waals surface area contributed by atoms with E-state index in [1.807, 2.05) is 39.0 Å². The van der Waals surface area contributed by atoms with Crippen LogP contribution < -0.4 is 0 Å². The summed E-state index contributed by atoms with van der Waals surface area (Å²) in [6.07, 6.45) is 0.261. The molecular weight excluding hydrogens is 248 g/mol. The van der Waals surface area contributed by atoms with Gasteiger partial charge in [-0.2, -0.15) is 0 Å².